The van der Waals surface area contributed by atoms with E-state index in [4.69, 9.17) is 0 Å². The molecule has 0 fully saturated rings. The Hall–Kier alpha value is -2.47. The molecule has 1 unspecified atom stereocenters. The molecular formula is C19H21N3O2S. The van der Waals surface area contributed by atoms with E-state index in [-0.39, 0.29) is 11.5 Å². The standard InChI is InChI=1S/C19H21N3O2S/c1-5-14-8-6-7-11(2)16(14)21-17(23)13(4)22-10-20-18-15(19(22)24)9-12(3)25-18/h6-10,13H,5H2,1-4H3,(H,21,23). The number of rotatable bonds is 4. The molecule has 130 valence electrons. The van der Waals surface area contributed by atoms with Crippen molar-refractivity contribution < 1.29 is 4.79 Å². The Balaban J connectivity index is 1.94. The number of carbonyl (C=O) groups excluding carboxylic acids is 1. The van der Waals surface area contributed by atoms with Gasteiger partial charge in [0.15, 0.2) is 0 Å². The summed E-state index contributed by atoms with van der Waals surface area (Å²) >= 11 is 1.48. The van der Waals surface area contributed by atoms with Gasteiger partial charge in [-0.2, -0.15) is 0 Å². The quantitative estimate of drug-likeness (QED) is 0.773. The number of amides is 1. The first-order chi connectivity index (χ1) is 11.9. The SMILES string of the molecule is CCc1cccc(C)c1NC(=O)C(C)n1cnc2sc(C)cc2c1=O. The topological polar surface area (TPSA) is 64.0 Å². The fourth-order valence-electron chi connectivity index (χ4n) is 2.89. The van der Waals surface area contributed by atoms with Crippen molar-refractivity contribution in [1.29, 1.82) is 0 Å². The van der Waals surface area contributed by atoms with Crippen LogP contribution in [0.5, 0.6) is 0 Å². The summed E-state index contributed by atoms with van der Waals surface area (Å²) in [6.07, 6.45) is 2.29. The van der Waals surface area contributed by atoms with Crippen molar-refractivity contribution in [2.45, 2.75) is 40.2 Å². The molecule has 0 saturated carbocycles. The number of fused-ring (bicyclic) bond motifs is 1. The maximum Gasteiger partial charge on any atom is 0.262 e. The number of nitrogens with one attached hydrogen (secondary N) is 1. The van der Waals surface area contributed by atoms with Crippen LogP contribution in [0.25, 0.3) is 10.2 Å². The minimum absolute atomic E-state index is 0.183. The molecule has 2 heterocycles. The molecule has 0 spiro atoms. The van der Waals surface area contributed by atoms with E-state index in [1.807, 2.05) is 38.1 Å². The van der Waals surface area contributed by atoms with Crippen molar-refractivity contribution in [3.8, 4) is 0 Å². The van der Waals surface area contributed by atoms with E-state index in [1.54, 1.807) is 6.92 Å². The summed E-state index contributed by atoms with van der Waals surface area (Å²) in [5.41, 5.74) is 2.73. The normalized spacial score (nSPS) is 12.3. The highest BCUT2D eigenvalue weighted by Crippen LogP contribution is 2.23. The van der Waals surface area contributed by atoms with Crippen LogP contribution in [0.3, 0.4) is 0 Å². The Kier molecular flexibility index (Phi) is 4.72. The van der Waals surface area contributed by atoms with Crippen LogP contribution in [0.1, 0.15) is 35.9 Å². The fraction of sp³-hybridized carbons (Fsp3) is 0.316. The first-order valence-electron chi connectivity index (χ1n) is 8.29. The molecule has 0 bridgehead atoms. The summed E-state index contributed by atoms with van der Waals surface area (Å²) in [5.74, 6) is -0.223. The van der Waals surface area contributed by atoms with E-state index in [1.165, 1.54) is 22.2 Å². The third-order valence-electron chi connectivity index (χ3n) is 4.38. The summed E-state index contributed by atoms with van der Waals surface area (Å²) in [7, 11) is 0. The van der Waals surface area contributed by atoms with Crippen LogP contribution in [-0.2, 0) is 11.2 Å². The predicted molar refractivity (Wildman–Crippen MR) is 103 cm³/mol. The first-order valence-corrected chi connectivity index (χ1v) is 9.10. The van der Waals surface area contributed by atoms with Gasteiger partial charge in [0.2, 0.25) is 5.91 Å². The number of aromatic nitrogens is 2. The maximum absolute atomic E-state index is 12.7. The van der Waals surface area contributed by atoms with Crippen LogP contribution in [0.15, 0.2) is 35.4 Å². The van der Waals surface area contributed by atoms with Gasteiger partial charge in [-0.3, -0.25) is 14.2 Å². The summed E-state index contributed by atoms with van der Waals surface area (Å²) in [5, 5.41) is 3.55. The van der Waals surface area contributed by atoms with E-state index >= 15 is 0 Å². The number of carbonyl (C=O) groups is 1. The summed E-state index contributed by atoms with van der Waals surface area (Å²) < 4.78 is 1.40. The number of hydrogen-bond acceptors (Lipinski definition) is 4. The smallest absolute Gasteiger partial charge is 0.262 e. The summed E-state index contributed by atoms with van der Waals surface area (Å²) in [4.78, 5) is 31.5. The molecule has 0 aliphatic rings. The average Bonchev–Trinajstić information content (AvgIpc) is 2.97. The second kappa shape index (κ2) is 6.80. The van der Waals surface area contributed by atoms with E-state index in [0.29, 0.717) is 10.2 Å². The van der Waals surface area contributed by atoms with Crippen LogP contribution >= 0.6 is 11.3 Å². The lowest BCUT2D eigenvalue weighted by molar-refractivity contribution is -0.118. The van der Waals surface area contributed by atoms with Gasteiger partial charge in [0.25, 0.3) is 5.56 Å². The molecule has 2 aromatic heterocycles. The molecule has 1 atom stereocenters. The van der Waals surface area contributed by atoms with Crippen LogP contribution in [-0.4, -0.2) is 15.5 Å². The third-order valence-corrected chi connectivity index (χ3v) is 5.34. The molecule has 1 N–H and O–H groups in total. The minimum Gasteiger partial charge on any atom is -0.324 e. The highest BCUT2D eigenvalue weighted by molar-refractivity contribution is 7.18. The zero-order chi connectivity index (χ0) is 18.1. The number of para-hydroxylation sites is 1. The highest BCUT2D eigenvalue weighted by atomic mass is 32.1. The van der Waals surface area contributed by atoms with Crippen molar-refractivity contribution >= 4 is 33.1 Å². The van der Waals surface area contributed by atoms with Gasteiger partial charge in [-0.25, -0.2) is 4.98 Å². The predicted octanol–water partition coefficient (Wildman–Crippen LogP) is 3.84. The monoisotopic (exact) mass is 355 g/mol. The number of hydrogen-bond donors (Lipinski definition) is 1. The molecule has 3 aromatic rings. The van der Waals surface area contributed by atoms with Crippen LogP contribution in [0.4, 0.5) is 5.69 Å². The maximum atomic E-state index is 12.7. The van der Waals surface area contributed by atoms with Crippen molar-refractivity contribution in [2.24, 2.45) is 0 Å². The molecule has 25 heavy (non-hydrogen) atoms. The van der Waals surface area contributed by atoms with Crippen LogP contribution in [0.2, 0.25) is 0 Å². The van der Waals surface area contributed by atoms with Gasteiger partial charge in [-0.05, 0) is 44.4 Å². The van der Waals surface area contributed by atoms with E-state index in [9.17, 15) is 9.59 Å². The Morgan fingerprint density at radius 3 is 2.84 bits per heavy atom. The molecule has 6 heteroatoms. The van der Waals surface area contributed by atoms with Crippen molar-refractivity contribution in [1.82, 2.24) is 9.55 Å². The highest BCUT2D eigenvalue weighted by Gasteiger charge is 2.20. The zero-order valence-electron chi connectivity index (χ0n) is 14.8. The van der Waals surface area contributed by atoms with Crippen LogP contribution < -0.4 is 10.9 Å². The molecule has 0 radical (unpaired) electrons. The molecule has 0 saturated heterocycles. The molecule has 3 rings (SSSR count). The Bertz CT molecular complexity index is 1000. The van der Waals surface area contributed by atoms with Crippen molar-refractivity contribution in [3.63, 3.8) is 0 Å². The third kappa shape index (κ3) is 3.22. The molecular weight excluding hydrogens is 334 g/mol. The lowest BCUT2D eigenvalue weighted by atomic mass is 10.1. The summed E-state index contributed by atoms with van der Waals surface area (Å²) in [6.45, 7) is 7.67. The molecule has 0 aliphatic heterocycles. The lowest BCUT2D eigenvalue weighted by Gasteiger charge is -2.18. The minimum atomic E-state index is -0.645. The second-order valence-corrected chi connectivity index (χ2v) is 7.40. The Morgan fingerprint density at radius 1 is 1.36 bits per heavy atom. The Labute approximate surface area is 150 Å². The van der Waals surface area contributed by atoms with Gasteiger partial charge in [-0.1, -0.05) is 25.1 Å². The zero-order valence-corrected chi connectivity index (χ0v) is 15.6. The van der Waals surface area contributed by atoms with Gasteiger partial charge in [-0.15, -0.1) is 11.3 Å². The number of aryl methyl sites for hydroxylation is 3. The number of benzene rings is 1. The van der Waals surface area contributed by atoms with Gasteiger partial charge < -0.3 is 5.32 Å². The molecule has 0 aliphatic carbocycles. The first kappa shape index (κ1) is 17.4. The largest absolute Gasteiger partial charge is 0.324 e. The molecule has 1 aromatic carbocycles. The van der Waals surface area contributed by atoms with Gasteiger partial charge in [0, 0.05) is 10.6 Å². The number of thiophene rings is 1. The lowest BCUT2D eigenvalue weighted by Crippen LogP contribution is -2.32. The van der Waals surface area contributed by atoms with Crippen LogP contribution in [0, 0.1) is 13.8 Å². The van der Waals surface area contributed by atoms with E-state index < -0.39 is 6.04 Å². The fourth-order valence-corrected chi connectivity index (χ4v) is 3.73. The average molecular weight is 355 g/mol. The second-order valence-electron chi connectivity index (χ2n) is 6.16. The van der Waals surface area contributed by atoms with Crippen molar-refractivity contribution in [3.05, 3.63) is 57.0 Å². The van der Waals surface area contributed by atoms with Gasteiger partial charge >= 0.3 is 0 Å². The van der Waals surface area contributed by atoms with Gasteiger partial charge in [0.1, 0.15) is 10.9 Å². The molecule has 1 amide bonds. The van der Waals surface area contributed by atoms with Crippen molar-refractivity contribution in [2.75, 3.05) is 5.32 Å². The number of anilines is 1. The Morgan fingerprint density at radius 2 is 2.12 bits per heavy atom. The van der Waals surface area contributed by atoms with Gasteiger partial charge in [0.05, 0.1) is 11.7 Å². The van der Waals surface area contributed by atoms with E-state index in [2.05, 4.69) is 17.2 Å². The molecule has 5 nitrogen and oxygen atoms in total. The number of nitrogens with zero attached hydrogens (tertiary/aromatic N) is 2. The summed E-state index contributed by atoms with van der Waals surface area (Å²) in [6, 6.07) is 7.13. The van der Waals surface area contributed by atoms with E-state index in [0.717, 1.165) is 28.1 Å².